The van der Waals surface area contributed by atoms with Crippen molar-refractivity contribution in [1.82, 2.24) is 10.6 Å². The zero-order valence-corrected chi connectivity index (χ0v) is 9.43. The Bertz CT molecular complexity index is 149. The van der Waals surface area contributed by atoms with E-state index in [1.807, 2.05) is 6.92 Å². The van der Waals surface area contributed by atoms with Gasteiger partial charge in [0.05, 0.1) is 0 Å². The van der Waals surface area contributed by atoms with E-state index < -0.39 is 0 Å². The number of hydrogen-bond acceptors (Lipinski definition) is 2. The fourth-order valence-corrected chi connectivity index (χ4v) is 0.880. The third-order valence-electron chi connectivity index (χ3n) is 1.63. The van der Waals surface area contributed by atoms with Crippen LogP contribution >= 0.6 is 0 Å². The molecule has 0 aromatic carbocycles. The minimum Gasteiger partial charge on any atom is -0.382 e. The zero-order valence-electron chi connectivity index (χ0n) is 9.43. The second kappa shape index (κ2) is 8.81. The SMILES string of the molecule is CCOCCCNC(=O)NCC(C)C. The molecule has 0 aliphatic heterocycles. The lowest BCUT2D eigenvalue weighted by atomic mass is 10.2. The zero-order chi connectivity index (χ0) is 10.8. The standard InChI is InChI=1S/C10H22N2O2/c1-4-14-7-5-6-11-10(13)12-8-9(2)3/h9H,4-8H2,1-3H3,(H2,11,12,13). The molecule has 2 N–H and O–H groups in total. The Morgan fingerprint density at radius 2 is 2.07 bits per heavy atom. The van der Waals surface area contributed by atoms with Crippen molar-refractivity contribution in [2.24, 2.45) is 5.92 Å². The van der Waals surface area contributed by atoms with Crippen molar-refractivity contribution in [1.29, 1.82) is 0 Å². The minimum atomic E-state index is -0.0878. The van der Waals surface area contributed by atoms with E-state index in [0.717, 1.165) is 19.6 Å². The summed E-state index contributed by atoms with van der Waals surface area (Å²) in [7, 11) is 0. The Balaban J connectivity index is 3.18. The van der Waals surface area contributed by atoms with Gasteiger partial charge in [-0.2, -0.15) is 0 Å². The molecule has 0 heterocycles. The van der Waals surface area contributed by atoms with E-state index in [9.17, 15) is 4.79 Å². The molecule has 0 spiro atoms. The quantitative estimate of drug-likeness (QED) is 0.613. The van der Waals surface area contributed by atoms with Crippen molar-refractivity contribution in [2.45, 2.75) is 27.2 Å². The maximum Gasteiger partial charge on any atom is 0.314 e. The first kappa shape index (κ1) is 13.2. The number of ether oxygens (including phenoxy) is 1. The summed E-state index contributed by atoms with van der Waals surface area (Å²) in [5.41, 5.74) is 0. The molecule has 0 unspecified atom stereocenters. The molecule has 0 radical (unpaired) electrons. The highest BCUT2D eigenvalue weighted by molar-refractivity contribution is 5.73. The van der Waals surface area contributed by atoms with Crippen molar-refractivity contribution in [3.63, 3.8) is 0 Å². The number of amides is 2. The Labute approximate surface area is 86.4 Å². The Morgan fingerprint density at radius 3 is 2.64 bits per heavy atom. The minimum absolute atomic E-state index is 0.0878. The first-order chi connectivity index (χ1) is 6.66. The van der Waals surface area contributed by atoms with Crippen LogP contribution in [0, 0.1) is 5.92 Å². The van der Waals surface area contributed by atoms with Gasteiger partial charge in [0.2, 0.25) is 0 Å². The molecule has 14 heavy (non-hydrogen) atoms. The van der Waals surface area contributed by atoms with Crippen LogP contribution in [0.2, 0.25) is 0 Å². The van der Waals surface area contributed by atoms with Crippen molar-refractivity contribution >= 4 is 6.03 Å². The van der Waals surface area contributed by atoms with Gasteiger partial charge in [-0.05, 0) is 19.3 Å². The van der Waals surface area contributed by atoms with Crippen molar-refractivity contribution < 1.29 is 9.53 Å². The first-order valence-electron chi connectivity index (χ1n) is 5.26. The molecule has 2 amide bonds. The number of nitrogens with one attached hydrogen (secondary N) is 2. The number of rotatable bonds is 7. The molecular formula is C10H22N2O2. The maximum absolute atomic E-state index is 11.1. The Hall–Kier alpha value is -0.770. The topological polar surface area (TPSA) is 50.4 Å². The third-order valence-corrected chi connectivity index (χ3v) is 1.63. The van der Waals surface area contributed by atoms with E-state index in [4.69, 9.17) is 4.74 Å². The van der Waals surface area contributed by atoms with Gasteiger partial charge in [0, 0.05) is 26.3 Å². The van der Waals surface area contributed by atoms with Crippen molar-refractivity contribution in [3.8, 4) is 0 Å². The summed E-state index contributed by atoms with van der Waals surface area (Å²) in [4.78, 5) is 11.1. The summed E-state index contributed by atoms with van der Waals surface area (Å²) in [5.74, 6) is 0.490. The summed E-state index contributed by atoms with van der Waals surface area (Å²) < 4.78 is 5.14. The molecule has 4 heteroatoms. The molecule has 0 fully saturated rings. The van der Waals surface area contributed by atoms with E-state index >= 15 is 0 Å². The van der Waals surface area contributed by atoms with Crippen LogP contribution in [0.1, 0.15) is 27.2 Å². The Morgan fingerprint density at radius 1 is 1.36 bits per heavy atom. The normalized spacial score (nSPS) is 10.3. The van der Waals surface area contributed by atoms with E-state index in [0.29, 0.717) is 19.1 Å². The van der Waals surface area contributed by atoms with Crippen LogP contribution in [0.15, 0.2) is 0 Å². The summed E-state index contributed by atoms with van der Waals surface area (Å²) in [5, 5.41) is 5.55. The predicted octanol–water partition coefficient (Wildman–Crippen LogP) is 1.37. The molecule has 0 aromatic heterocycles. The largest absolute Gasteiger partial charge is 0.382 e. The second-order valence-corrected chi connectivity index (χ2v) is 3.58. The first-order valence-corrected chi connectivity index (χ1v) is 5.26. The smallest absolute Gasteiger partial charge is 0.314 e. The molecule has 0 aliphatic carbocycles. The van der Waals surface area contributed by atoms with Crippen LogP contribution in [-0.4, -0.2) is 32.3 Å². The van der Waals surface area contributed by atoms with E-state index in [-0.39, 0.29) is 6.03 Å². The second-order valence-electron chi connectivity index (χ2n) is 3.58. The molecule has 0 rings (SSSR count). The number of carbonyl (C=O) groups is 1. The van der Waals surface area contributed by atoms with E-state index in [2.05, 4.69) is 24.5 Å². The van der Waals surface area contributed by atoms with Crippen LogP contribution in [0.3, 0.4) is 0 Å². The van der Waals surface area contributed by atoms with Crippen LogP contribution in [-0.2, 0) is 4.74 Å². The number of carbonyl (C=O) groups excluding carboxylic acids is 1. The lowest BCUT2D eigenvalue weighted by Crippen LogP contribution is -2.38. The monoisotopic (exact) mass is 202 g/mol. The molecule has 0 aliphatic rings. The Kier molecular flexibility index (Phi) is 8.33. The lowest BCUT2D eigenvalue weighted by Gasteiger charge is -2.09. The third kappa shape index (κ3) is 9.32. The average Bonchev–Trinajstić information content (AvgIpc) is 2.14. The molecule has 84 valence electrons. The van der Waals surface area contributed by atoms with Crippen LogP contribution in [0.4, 0.5) is 4.79 Å². The maximum atomic E-state index is 11.1. The highest BCUT2D eigenvalue weighted by Crippen LogP contribution is 1.86. The van der Waals surface area contributed by atoms with E-state index in [1.54, 1.807) is 0 Å². The predicted molar refractivity (Wildman–Crippen MR) is 57.3 cm³/mol. The van der Waals surface area contributed by atoms with E-state index in [1.165, 1.54) is 0 Å². The van der Waals surface area contributed by atoms with Gasteiger partial charge in [0.1, 0.15) is 0 Å². The summed E-state index contributed by atoms with van der Waals surface area (Å²) >= 11 is 0. The van der Waals surface area contributed by atoms with Crippen LogP contribution in [0.5, 0.6) is 0 Å². The molecule has 0 saturated heterocycles. The summed E-state index contributed by atoms with van der Waals surface area (Å²) in [6.45, 7) is 8.93. The molecule has 0 atom stereocenters. The van der Waals surface area contributed by atoms with Gasteiger partial charge >= 0.3 is 6.03 Å². The van der Waals surface area contributed by atoms with Gasteiger partial charge in [-0.15, -0.1) is 0 Å². The van der Waals surface area contributed by atoms with Gasteiger partial charge < -0.3 is 15.4 Å². The van der Waals surface area contributed by atoms with Crippen molar-refractivity contribution in [3.05, 3.63) is 0 Å². The van der Waals surface area contributed by atoms with Crippen molar-refractivity contribution in [2.75, 3.05) is 26.3 Å². The van der Waals surface area contributed by atoms with Gasteiger partial charge in [-0.25, -0.2) is 4.79 Å². The highest BCUT2D eigenvalue weighted by atomic mass is 16.5. The summed E-state index contributed by atoms with van der Waals surface area (Å²) in [6, 6.07) is -0.0878. The van der Waals surface area contributed by atoms with Crippen LogP contribution < -0.4 is 10.6 Å². The molecule has 0 bridgehead atoms. The molecule has 4 nitrogen and oxygen atoms in total. The molecule has 0 saturated carbocycles. The van der Waals surface area contributed by atoms with Gasteiger partial charge in [0.15, 0.2) is 0 Å². The number of hydrogen-bond donors (Lipinski definition) is 2. The fourth-order valence-electron chi connectivity index (χ4n) is 0.880. The molecular weight excluding hydrogens is 180 g/mol. The highest BCUT2D eigenvalue weighted by Gasteiger charge is 1.99. The lowest BCUT2D eigenvalue weighted by molar-refractivity contribution is 0.145. The van der Waals surface area contributed by atoms with Gasteiger partial charge in [0.25, 0.3) is 0 Å². The van der Waals surface area contributed by atoms with Gasteiger partial charge in [-0.1, -0.05) is 13.8 Å². The fraction of sp³-hybridized carbons (Fsp3) is 0.900. The average molecular weight is 202 g/mol. The van der Waals surface area contributed by atoms with Gasteiger partial charge in [-0.3, -0.25) is 0 Å². The van der Waals surface area contributed by atoms with Crippen LogP contribution in [0.25, 0.3) is 0 Å². The summed E-state index contributed by atoms with van der Waals surface area (Å²) in [6.07, 6.45) is 0.864. The number of urea groups is 1. The molecule has 0 aromatic rings.